The third-order valence-corrected chi connectivity index (χ3v) is 1.78. The molecule has 0 aromatic heterocycles. The molecular weight excluding hydrogens is 146 g/mol. The highest BCUT2D eigenvalue weighted by molar-refractivity contribution is 5.14. The predicted octanol–water partition coefficient (Wildman–Crippen LogP) is 2.39. The highest BCUT2D eigenvalue weighted by Gasteiger charge is 1.88. The number of benzene rings is 1. The van der Waals surface area contributed by atoms with Crippen LogP contribution in [0.4, 0.5) is 0 Å². The SMILES string of the molecule is C[CH]CCNCc1ccccc1. The van der Waals surface area contributed by atoms with Crippen molar-refractivity contribution in [2.75, 3.05) is 6.54 Å². The van der Waals surface area contributed by atoms with Crippen LogP contribution in [0.2, 0.25) is 0 Å². The van der Waals surface area contributed by atoms with E-state index in [1.54, 1.807) is 0 Å². The highest BCUT2D eigenvalue weighted by atomic mass is 14.8. The van der Waals surface area contributed by atoms with Gasteiger partial charge in [0, 0.05) is 6.54 Å². The van der Waals surface area contributed by atoms with E-state index in [-0.39, 0.29) is 0 Å². The van der Waals surface area contributed by atoms with Gasteiger partial charge in [0.25, 0.3) is 0 Å². The second-order valence-electron chi connectivity index (χ2n) is 2.86. The van der Waals surface area contributed by atoms with Crippen molar-refractivity contribution in [2.24, 2.45) is 0 Å². The van der Waals surface area contributed by atoms with E-state index in [1.807, 2.05) is 6.07 Å². The Morgan fingerprint density at radius 3 is 2.67 bits per heavy atom. The molecule has 1 N–H and O–H groups in total. The van der Waals surface area contributed by atoms with Gasteiger partial charge >= 0.3 is 0 Å². The maximum absolute atomic E-state index is 3.37. The lowest BCUT2D eigenvalue weighted by atomic mass is 10.2. The molecule has 1 rings (SSSR count). The van der Waals surface area contributed by atoms with Crippen LogP contribution in [0.5, 0.6) is 0 Å². The van der Waals surface area contributed by atoms with E-state index in [4.69, 9.17) is 0 Å². The maximum Gasteiger partial charge on any atom is 0.0205 e. The van der Waals surface area contributed by atoms with E-state index in [2.05, 4.69) is 42.9 Å². The number of unbranched alkanes of at least 4 members (excludes halogenated alkanes) is 1. The molecule has 12 heavy (non-hydrogen) atoms. The van der Waals surface area contributed by atoms with Gasteiger partial charge in [0.15, 0.2) is 0 Å². The average Bonchev–Trinajstić information content (AvgIpc) is 2.14. The first-order valence-electron chi connectivity index (χ1n) is 4.46. The Balaban J connectivity index is 2.16. The standard InChI is InChI=1S/C11H16N/c1-2-3-9-12-10-11-7-5-4-6-8-11/h2,4-8,12H,3,9-10H2,1H3. The van der Waals surface area contributed by atoms with Crippen molar-refractivity contribution in [1.82, 2.24) is 5.32 Å². The summed E-state index contributed by atoms with van der Waals surface area (Å²) in [6, 6.07) is 10.5. The minimum absolute atomic E-state index is 0.981. The summed E-state index contributed by atoms with van der Waals surface area (Å²) in [5.41, 5.74) is 1.36. The van der Waals surface area contributed by atoms with Gasteiger partial charge in [-0.15, -0.1) is 0 Å². The first kappa shape index (κ1) is 9.27. The van der Waals surface area contributed by atoms with Crippen molar-refractivity contribution in [3.8, 4) is 0 Å². The van der Waals surface area contributed by atoms with E-state index < -0.39 is 0 Å². The molecule has 1 heteroatoms. The third-order valence-electron chi connectivity index (χ3n) is 1.78. The number of hydrogen-bond acceptors (Lipinski definition) is 1. The van der Waals surface area contributed by atoms with Crippen LogP contribution in [0.25, 0.3) is 0 Å². The molecule has 65 valence electrons. The van der Waals surface area contributed by atoms with Crippen LogP contribution in [0.15, 0.2) is 30.3 Å². The van der Waals surface area contributed by atoms with Crippen molar-refractivity contribution in [2.45, 2.75) is 19.9 Å². The summed E-state index contributed by atoms with van der Waals surface area (Å²) in [5, 5.41) is 3.37. The van der Waals surface area contributed by atoms with Crippen LogP contribution in [-0.2, 0) is 6.54 Å². The Hall–Kier alpha value is -0.820. The van der Waals surface area contributed by atoms with Gasteiger partial charge in [-0.1, -0.05) is 37.3 Å². The Morgan fingerprint density at radius 2 is 2.00 bits per heavy atom. The van der Waals surface area contributed by atoms with E-state index >= 15 is 0 Å². The van der Waals surface area contributed by atoms with E-state index in [1.165, 1.54) is 5.56 Å². The van der Waals surface area contributed by atoms with Gasteiger partial charge in [-0.05, 0) is 24.9 Å². The minimum Gasteiger partial charge on any atom is -0.313 e. The van der Waals surface area contributed by atoms with Gasteiger partial charge in [0.1, 0.15) is 0 Å². The smallest absolute Gasteiger partial charge is 0.0205 e. The lowest BCUT2D eigenvalue weighted by Crippen LogP contribution is -2.14. The van der Waals surface area contributed by atoms with Gasteiger partial charge < -0.3 is 5.32 Å². The fourth-order valence-corrected chi connectivity index (χ4v) is 1.07. The largest absolute Gasteiger partial charge is 0.313 e. The van der Waals surface area contributed by atoms with E-state index in [9.17, 15) is 0 Å². The zero-order valence-corrected chi connectivity index (χ0v) is 7.59. The van der Waals surface area contributed by atoms with Gasteiger partial charge in [-0.2, -0.15) is 0 Å². The number of rotatable bonds is 5. The topological polar surface area (TPSA) is 12.0 Å². The lowest BCUT2D eigenvalue weighted by molar-refractivity contribution is 0.682. The molecule has 0 fully saturated rings. The molecular formula is C11H16N. The predicted molar refractivity (Wildman–Crippen MR) is 52.7 cm³/mol. The Bertz CT molecular complexity index is 193. The fraction of sp³-hybridized carbons (Fsp3) is 0.364. The van der Waals surface area contributed by atoms with Crippen LogP contribution in [-0.4, -0.2) is 6.54 Å². The Labute approximate surface area is 74.8 Å². The molecule has 0 aliphatic carbocycles. The molecule has 0 heterocycles. The van der Waals surface area contributed by atoms with Gasteiger partial charge in [-0.3, -0.25) is 0 Å². The summed E-state index contributed by atoms with van der Waals surface area (Å²) in [5.74, 6) is 0. The van der Waals surface area contributed by atoms with Gasteiger partial charge in [-0.25, -0.2) is 0 Å². The Morgan fingerprint density at radius 1 is 1.25 bits per heavy atom. The fourth-order valence-electron chi connectivity index (χ4n) is 1.07. The summed E-state index contributed by atoms with van der Waals surface area (Å²) < 4.78 is 0. The van der Waals surface area contributed by atoms with Crippen molar-refractivity contribution in [3.63, 3.8) is 0 Å². The van der Waals surface area contributed by atoms with E-state index in [0.29, 0.717) is 0 Å². The summed E-state index contributed by atoms with van der Waals surface area (Å²) in [6.45, 7) is 4.14. The van der Waals surface area contributed by atoms with E-state index in [0.717, 1.165) is 19.5 Å². The molecule has 0 amide bonds. The molecule has 0 aliphatic heterocycles. The number of nitrogens with one attached hydrogen (secondary N) is 1. The molecule has 0 saturated heterocycles. The summed E-state index contributed by atoms with van der Waals surface area (Å²) >= 11 is 0. The van der Waals surface area contributed by atoms with Crippen LogP contribution in [0.3, 0.4) is 0 Å². The highest BCUT2D eigenvalue weighted by Crippen LogP contribution is 1.96. The minimum atomic E-state index is 0.981. The van der Waals surface area contributed by atoms with Crippen LogP contribution in [0.1, 0.15) is 18.9 Å². The van der Waals surface area contributed by atoms with Crippen molar-refractivity contribution in [1.29, 1.82) is 0 Å². The summed E-state index contributed by atoms with van der Waals surface area (Å²) in [4.78, 5) is 0. The first-order chi connectivity index (χ1) is 5.93. The zero-order valence-electron chi connectivity index (χ0n) is 7.59. The lowest BCUT2D eigenvalue weighted by Gasteiger charge is -2.02. The Kier molecular flexibility index (Phi) is 4.47. The molecule has 1 radical (unpaired) electrons. The molecule has 1 aromatic carbocycles. The molecule has 0 unspecified atom stereocenters. The van der Waals surface area contributed by atoms with Crippen molar-refractivity contribution in [3.05, 3.63) is 42.3 Å². The summed E-state index contributed by atoms with van der Waals surface area (Å²) in [6.07, 6.45) is 3.32. The zero-order chi connectivity index (χ0) is 8.65. The molecule has 1 nitrogen and oxygen atoms in total. The molecule has 0 spiro atoms. The first-order valence-corrected chi connectivity index (χ1v) is 4.46. The summed E-state index contributed by atoms with van der Waals surface area (Å²) in [7, 11) is 0. The molecule has 0 aliphatic rings. The monoisotopic (exact) mass is 162 g/mol. The number of hydrogen-bond donors (Lipinski definition) is 1. The average molecular weight is 162 g/mol. The normalized spacial score (nSPS) is 10.1. The molecule has 0 saturated carbocycles. The molecule has 0 atom stereocenters. The molecule has 1 aromatic rings. The van der Waals surface area contributed by atoms with Crippen LogP contribution in [0, 0.1) is 6.42 Å². The third kappa shape index (κ3) is 3.54. The van der Waals surface area contributed by atoms with Crippen molar-refractivity contribution >= 4 is 0 Å². The maximum atomic E-state index is 3.37. The molecule has 0 bridgehead atoms. The quantitative estimate of drug-likeness (QED) is 0.655. The van der Waals surface area contributed by atoms with Gasteiger partial charge in [0.05, 0.1) is 0 Å². The second-order valence-corrected chi connectivity index (χ2v) is 2.86. The second kappa shape index (κ2) is 5.78. The van der Waals surface area contributed by atoms with Crippen LogP contribution < -0.4 is 5.32 Å². The van der Waals surface area contributed by atoms with Gasteiger partial charge in [0.2, 0.25) is 0 Å². The van der Waals surface area contributed by atoms with Crippen molar-refractivity contribution < 1.29 is 0 Å². The van der Waals surface area contributed by atoms with Crippen LogP contribution >= 0.6 is 0 Å².